The summed E-state index contributed by atoms with van der Waals surface area (Å²) in [6, 6.07) is 6.29. The monoisotopic (exact) mass is 318 g/mol. The van der Waals surface area contributed by atoms with Gasteiger partial charge in [0, 0.05) is 5.56 Å². The number of ether oxygens (including phenoxy) is 1. The lowest BCUT2D eigenvalue weighted by Crippen LogP contribution is -2.07. The van der Waals surface area contributed by atoms with E-state index in [4.69, 9.17) is 4.74 Å². The second-order valence-corrected chi connectivity index (χ2v) is 5.62. The van der Waals surface area contributed by atoms with Crippen molar-refractivity contribution in [1.82, 2.24) is 0 Å². The van der Waals surface area contributed by atoms with Crippen LogP contribution >= 0.6 is 0 Å². The van der Waals surface area contributed by atoms with Crippen molar-refractivity contribution in [3.05, 3.63) is 70.0 Å². The smallest absolute Gasteiger partial charge is 0.166 e. The van der Waals surface area contributed by atoms with Gasteiger partial charge >= 0.3 is 0 Å². The Morgan fingerprint density at radius 1 is 1.04 bits per heavy atom. The minimum Gasteiger partial charge on any atom is -0.494 e. The maximum absolute atomic E-state index is 14.3. The van der Waals surface area contributed by atoms with E-state index in [0.717, 1.165) is 11.1 Å². The Morgan fingerprint density at radius 3 is 2.52 bits per heavy atom. The normalized spacial score (nSPS) is 13.5. The lowest BCUT2D eigenvalue weighted by atomic mass is 9.87. The molecule has 0 heterocycles. The molecule has 0 N–H and O–H groups in total. The summed E-state index contributed by atoms with van der Waals surface area (Å²) in [6.45, 7) is 1.78. The molecule has 0 saturated carbocycles. The molecule has 0 bridgehead atoms. The largest absolute Gasteiger partial charge is 0.494 e. The van der Waals surface area contributed by atoms with E-state index in [0.29, 0.717) is 30.4 Å². The van der Waals surface area contributed by atoms with Gasteiger partial charge in [0.25, 0.3) is 0 Å². The summed E-state index contributed by atoms with van der Waals surface area (Å²) in [6.07, 6.45) is 3.22. The molecular weight excluding hydrogens is 301 g/mol. The number of hydrogen-bond donors (Lipinski definition) is 0. The van der Waals surface area contributed by atoms with Gasteiger partial charge < -0.3 is 4.74 Å². The molecular formula is C19H17F3O. The highest BCUT2D eigenvalue weighted by Gasteiger charge is 2.20. The fraction of sp³-hybridized carbons (Fsp3) is 0.263. The van der Waals surface area contributed by atoms with Gasteiger partial charge in [0.2, 0.25) is 0 Å². The number of allylic oxidation sites excluding steroid dienone is 2. The van der Waals surface area contributed by atoms with Crippen molar-refractivity contribution in [3.8, 4) is 5.75 Å². The Kier molecular flexibility index (Phi) is 4.16. The fourth-order valence-corrected chi connectivity index (χ4v) is 2.97. The Hall–Kier alpha value is -2.23. The zero-order chi connectivity index (χ0) is 16.6. The lowest BCUT2D eigenvalue weighted by Gasteiger charge is -2.19. The first-order chi connectivity index (χ1) is 11.0. The molecule has 1 aliphatic rings. The van der Waals surface area contributed by atoms with Gasteiger partial charge in [-0.2, -0.15) is 0 Å². The molecule has 0 spiro atoms. The molecule has 0 radical (unpaired) electrons. The standard InChI is InChI=1S/C19H17F3O/c1-3-11-6-7-15(19(22)18(11)21)13-5-4-12-10-17(23-2)16(20)9-14(12)8-13/h5-7,9-10H,3-4,8H2,1-2H3. The Balaban J connectivity index is 1.98. The third-order valence-corrected chi connectivity index (χ3v) is 4.31. The Bertz CT molecular complexity index is 794. The minimum absolute atomic E-state index is 0.199. The molecule has 23 heavy (non-hydrogen) atoms. The molecule has 0 aliphatic heterocycles. The molecule has 120 valence electrons. The van der Waals surface area contributed by atoms with Gasteiger partial charge in [-0.3, -0.25) is 0 Å². The van der Waals surface area contributed by atoms with Crippen molar-refractivity contribution in [1.29, 1.82) is 0 Å². The Morgan fingerprint density at radius 2 is 1.83 bits per heavy atom. The van der Waals surface area contributed by atoms with Crippen LogP contribution in [0.15, 0.2) is 30.3 Å². The molecule has 1 nitrogen and oxygen atoms in total. The molecule has 2 aromatic rings. The lowest BCUT2D eigenvalue weighted by molar-refractivity contribution is 0.385. The van der Waals surface area contributed by atoms with Gasteiger partial charge in [0.15, 0.2) is 23.2 Å². The highest BCUT2D eigenvalue weighted by atomic mass is 19.2. The molecule has 0 amide bonds. The first kappa shape index (κ1) is 15.7. The van der Waals surface area contributed by atoms with Crippen molar-refractivity contribution in [2.75, 3.05) is 7.11 Å². The number of halogens is 3. The summed E-state index contributed by atoms with van der Waals surface area (Å²) in [5, 5.41) is 0. The van der Waals surface area contributed by atoms with Crippen molar-refractivity contribution >= 4 is 5.57 Å². The molecule has 0 unspecified atom stereocenters. The number of rotatable bonds is 3. The number of fused-ring (bicyclic) bond motifs is 1. The molecule has 0 atom stereocenters. The van der Waals surface area contributed by atoms with E-state index in [2.05, 4.69) is 0 Å². The predicted molar refractivity (Wildman–Crippen MR) is 84.1 cm³/mol. The van der Waals surface area contributed by atoms with Crippen molar-refractivity contribution in [2.24, 2.45) is 0 Å². The topological polar surface area (TPSA) is 9.23 Å². The van der Waals surface area contributed by atoms with Crippen LogP contribution in [0.5, 0.6) is 5.75 Å². The maximum Gasteiger partial charge on any atom is 0.166 e. The van der Waals surface area contributed by atoms with E-state index in [1.54, 1.807) is 25.1 Å². The fourth-order valence-electron chi connectivity index (χ4n) is 2.97. The minimum atomic E-state index is -0.826. The maximum atomic E-state index is 14.3. The quantitative estimate of drug-likeness (QED) is 0.785. The second-order valence-electron chi connectivity index (χ2n) is 5.62. The summed E-state index contributed by atoms with van der Waals surface area (Å²) in [5.74, 6) is -1.86. The van der Waals surface area contributed by atoms with Gasteiger partial charge in [-0.1, -0.05) is 25.1 Å². The predicted octanol–water partition coefficient (Wildman–Crippen LogP) is 4.86. The van der Waals surface area contributed by atoms with Crippen LogP contribution in [-0.4, -0.2) is 7.11 Å². The van der Waals surface area contributed by atoms with Crippen LogP contribution in [0.1, 0.15) is 29.2 Å². The van der Waals surface area contributed by atoms with E-state index in [1.165, 1.54) is 13.2 Å². The van der Waals surface area contributed by atoms with E-state index < -0.39 is 17.5 Å². The van der Waals surface area contributed by atoms with Gasteiger partial charge in [-0.05, 0) is 53.7 Å². The molecule has 1 aliphatic carbocycles. The highest BCUT2D eigenvalue weighted by molar-refractivity contribution is 5.71. The third kappa shape index (κ3) is 2.74. The van der Waals surface area contributed by atoms with Gasteiger partial charge in [0.1, 0.15) is 0 Å². The van der Waals surface area contributed by atoms with E-state index in [9.17, 15) is 13.2 Å². The molecule has 0 fully saturated rings. The zero-order valence-electron chi connectivity index (χ0n) is 13.1. The average Bonchev–Trinajstić information content (AvgIpc) is 2.56. The van der Waals surface area contributed by atoms with Crippen LogP contribution in [0.4, 0.5) is 13.2 Å². The number of aryl methyl sites for hydroxylation is 1. The summed E-state index contributed by atoms with van der Waals surface area (Å²) in [5.41, 5.74) is 3.01. The molecule has 3 rings (SSSR count). The van der Waals surface area contributed by atoms with E-state index >= 15 is 0 Å². The van der Waals surface area contributed by atoms with Crippen molar-refractivity contribution in [3.63, 3.8) is 0 Å². The number of benzene rings is 2. The summed E-state index contributed by atoms with van der Waals surface area (Å²) >= 11 is 0. The third-order valence-electron chi connectivity index (χ3n) is 4.31. The van der Waals surface area contributed by atoms with Gasteiger partial charge in [-0.15, -0.1) is 0 Å². The summed E-state index contributed by atoms with van der Waals surface area (Å²) in [7, 11) is 1.42. The SMILES string of the molecule is CCc1ccc(C2=CCc3cc(OC)c(F)cc3C2)c(F)c1F. The number of methoxy groups -OCH3 is 1. The molecule has 2 aromatic carbocycles. The highest BCUT2D eigenvalue weighted by Crippen LogP contribution is 2.33. The summed E-state index contributed by atoms with van der Waals surface area (Å²) < 4.78 is 47.1. The van der Waals surface area contributed by atoms with Gasteiger partial charge in [-0.25, -0.2) is 13.2 Å². The van der Waals surface area contributed by atoms with Crippen LogP contribution < -0.4 is 4.74 Å². The first-order valence-corrected chi connectivity index (χ1v) is 7.56. The zero-order valence-corrected chi connectivity index (χ0v) is 13.1. The second kappa shape index (κ2) is 6.11. The first-order valence-electron chi connectivity index (χ1n) is 7.56. The molecule has 0 saturated heterocycles. The van der Waals surface area contributed by atoms with Crippen molar-refractivity contribution < 1.29 is 17.9 Å². The number of hydrogen-bond acceptors (Lipinski definition) is 1. The van der Waals surface area contributed by atoms with Crippen LogP contribution in [0.2, 0.25) is 0 Å². The molecule has 0 aromatic heterocycles. The van der Waals surface area contributed by atoms with Crippen LogP contribution in [-0.2, 0) is 19.3 Å². The Labute approximate surface area is 133 Å². The van der Waals surface area contributed by atoms with Gasteiger partial charge in [0.05, 0.1) is 7.11 Å². The molecule has 4 heteroatoms. The van der Waals surface area contributed by atoms with Crippen LogP contribution in [0.25, 0.3) is 5.57 Å². The van der Waals surface area contributed by atoms with Crippen molar-refractivity contribution in [2.45, 2.75) is 26.2 Å². The van der Waals surface area contributed by atoms with E-state index in [-0.39, 0.29) is 11.3 Å². The van der Waals surface area contributed by atoms with Crippen LogP contribution in [0, 0.1) is 17.5 Å². The summed E-state index contributed by atoms with van der Waals surface area (Å²) in [4.78, 5) is 0. The van der Waals surface area contributed by atoms with E-state index in [1.807, 2.05) is 6.08 Å². The average molecular weight is 318 g/mol. The van der Waals surface area contributed by atoms with Crippen LogP contribution in [0.3, 0.4) is 0 Å².